The third kappa shape index (κ3) is 2.50. The molecule has 0 unspecified atom stereocenters. The van der Waals surface area contributed by atoms with Gasteiger partial charge in [0, 0.05) is 12.3 Å². The molecule has 4 nitrogen and oxygen atoms in total. The Bertz CT molecular complexity index is 309. The quantitative estimate of drug-likeness (QED) is 0.669. The molecule has 0 aliphatic heterocycles. The minimum absolute atomic E-state index is 0.116. The zero-order chi connectivity index (χ0) is 10.1. The average molecular weight is 183 g/mol. The summed E-state index contributed by atoms with van der Waals surface area (Å²) in [5.41, 5.74) is -0.548. The maximum absolute atomic E-state index is 11.3. The molecule has 0 aliphatic rings. The van der Waals surface area contributed by atoms with Crippen molar-refractivity contribution in [3.05, 3.63) is 18.3 Å². The number of nitrogens with zero attached hydrogens (tertiary/aromatic N) is 1. The topological polar surface area (TPSA) is 51.5 Å². The van der Waals surface area contributed by atoms with Gasteiger partial charge in [-0.3, -0.25) is 0 Å². The second kappa shape index (κ2) is 3.12. The molecular weight excluding hydrogens is 170 g/mol. The highest BCUT2D eigenvalue weighted by molar-refractivity contribution is 5.72. The van der Waals surface area contributed by atoms with Crippen LogP contribution in [0.3, 0.4) is 0 Å². The van der Waals surface area contributed by atoms with Gasteiger partial charge in [-0.2, -0.15) is 0 Å². The fraction of sp³-hybridized carbons (Fsp3) is 0.444. The second-order valence-corrected chi connectivity index (χ2v) is 3.72. The van der Waals surface area contributed by atoms with E-state index in [-0.39, 0.29) is 5.88 Å². The predicted molar refractivity (Wildman–Crippen MR) is 47.7 cm³/mol. The molecule has 0 atom stereocenters. The summed E-state index contributed by atoms with van der Waals surface area (Å²) in [4.78, 5) is 11.3. The van der Waals surface area contributed by atoms with Crippen molar-refractivity contribution < 1.29 is 14.6 Å². The summed E-state index contributed by atoms with van der Waals surface area (Å²) in [6.07, 6.45) is 0.874. The highest BCUT2D eigenvalue weighted by Gasteiger charge is 2.18. The fourth-order valence-electron chi connectivity index (χ4n) is 0.837. The number of carbonyl (C=O) groups excluding carboxylic acids is 1. The standard InChI is InChI=1S/C9H13NO3/c1-9(2,3)13-8(12)10-6-4-5-7(10)11/h4-6,11H,1-3H3. The second-order valence-electron chi connectivity index (χ2n) is 3.72. The molecule has 1 rings (SSSR count). The molecule has 13 heavy (non-hydrogen) atoms. The lowest BCUT2D eigenvalue weighted by Gasteiger charge is -2.19. The van der Waals surface area contributed by atoms with E-state index in [2.05, 4.69) is 0 Å². The Kier molecular flexibility index (Phi) is 2.32. The van der Waals surface area contributed by atoms with Crippen LogP contribution in [0.2, 0.25) is 0 Å². The van der Waals surface area contributed by atoms with E-state index in [0.29, 0.717) is 0 Å². The van der Waals surface area contributed by atoms with Crippen LogP contribution in [0.1, 0.15) is 20.8 Å². The first-order chi connectivity index (χ1) is 5.90. The van der Waals surface area contributed by atoms with E-state index in [1.165, 1.54) is 12.3 Å². The Hall–Kier alpha value is -1.45. The number of carbonyl (C=O) groups is 1. The molecule has 0 aromatic carbocycles. The SMILES string of the molecule is CC(C)(C)OC(=O)n1cccc1O. The molecule has 1 aromatic rings. The fourth-order valence-corrected chi connectivity index (χ4v) is 0.837. The van der Waals surface area contributed by atoms with Crippen molar-refractivity contribution in [1.29, 1.82) is 0 Å². The van der Waals surface area contributed by atoms with Crippen LogP contribution in [0, 0.1) is 0 Å². The summed E-state index contributed by atoms with van der Waals surface area (Å²) in [5.74, 6) is -0.116. The van der Waals surface area contributed by atoms with E-state index in [0.717, 1.165) is 4.57 Å². The number of hydrogen-bond acceptors (Lipinski definition) is 3. The molecule has 1 aromatic heterocycles. The minimum atomic E-state index is -0.574. The van der Waals surface area contributed by atoms with Gasteiger partial charge in [0.1, 0.15) is 5.60 Å². The molecule has 1 heterocycles. The monoisotopic (exact) mass is 183 g/mol. The van der Waals surface area contributed by atoms with E-state index in [4.69, 9.17) is 4.74 Å². The van der Waals surface area contributed by atoms with Gasteiger partial charge in [0.25, 0.3) is 0 Å². The summed E-state index contributed by atoms with van der Waals surface area (Å²) in [6.45, 7) is 5.31. The van der Waals surface area contributed by atoms with Crippen molar-refractivity contribution in [2.24, 2.45) is 0 Å². The smallest absolute Gasteiger partial charge is 0.421 e. The Labute approximate surface area is 76.7 Å². The maximum Gasteiger partial charge on any atom is 0.421 e. The van der Waals surface area contributed by atoms with Crippen molar-refractivity contribution in [2.75, 3.05) is 0 Å². The minimum Gasteiger partial charge on any atom is -0.494 e. The van der Waals surface area contributed by atoms with Crippen LogP contribution in [0.4, 0.5) is 4.79 Å². The molecule has 0 aliphatic carbocycles. The van der Waals surface area contributed by atoms with Crippen LogP contribution in [0.5, 0.6) is 5.88 Å². The lowest BCUT2D eigenvalue weighted by Crippen LogP contribution is -2.26. The van der Waals surface area contributed by atoms with Crippen LogP contribution in [0.15, 0.2) is 18.3 Å². The Morgan fingerprint density at radius 3 is 2.54 bits per heavy atom. The summed E-state index contributed by atoms with van der Waals surface area (Å²) >= 11 is 0. The summed E-state index contributed by atoms with van der Waals surface area (Å²) in [5, 5.41) is 9.18. The Morgan fingerprint density at radius 1 is 1.54 bits per heavy atom. The lowest BCUT2D eigenvalue weighted by molar-refractivity contribution is 0.0526. The summed E-state index contributed by atoms with van der Waals surface area (Å²) in [6, 6.07) is 2.99. The molecule has 0 radical (unpaired) electrons. The number of aromatic hydroxyl groups is 1. The van der Waals surface area contributed by atoms with Gasteiger partial charge in [-0.25, -0.2) is 9.36 Å². The first-order valence-electron chi connectivity index (χ1n) is 4.00. The number of ether oxygens (including phenoxy) is 1. The first kappa shape index (κ1) is 9.64. The normalized spacial score (nSPS) is 11.3. The molecule has 72 valence electrons. The molecule has 0 saturated heterocycles. The van der Waals surface area contributed by atoms with Gasteiger partial charge in [-0.15, -0.1) is 0 Å². The molecule has 1 N–H and O–H groups in total. The molecule has 0 amide bonds. The van der Waals surface area contributed by atoms with Crippen molar-refractivity contribution in [1.82, 2.24) is 4.57 Å². The van der Waals surface area contributed by atoms with E-state index in [9.17, 15) is 9.90 Å². The summed E-state index contributed by atoms with van der Waals surface area (Å²) < 4.78 is 6.07. The van der Waals surface area contributed by atoms with Gasteiger partial charge >= 0.3 is 6.09 Å². The van der Waals surface area contributed by atoms with Crippen LogP contribution in [0.25, 0.3) is 0 Å². The van der Waals surface area contributed by atoms with Gasteiger partial charge in [-0.1, -0.05) is 0 Å². The Balaban J connectivity index is 2.76. The zero-order valence-electron chi connectivity index (χ0n) is 7.94. The zero-order valence-corrected chi connectivity index (χ0v) is 7.94. The van der Waals surface area contributed by atoms with Crippen LogP contribution in [-0.4, -0.2) is 21.4 Å². The molecule has 0 saturated carbocycles. The van der Waals surface area contributed by atoms with Crippen LogP contribution in [-0.2, 0) is 4.74 Å². The van der Waals surface area contributed by atoms with Gasteiger partial charge in [0.15, 0.2) is 0 Å². The van der Waals surface area contributed by atoms with Gasteiger partial charge in [0.05, 0.1) is 0 Å². The highest BCUT2D eigenvalue weighted by atomic mass is 16.6. The summed E-state index contributed by atoms with van der Waals surface area (Å²) in [7, 11) is 0. The van der Waals surface area contributed by atoms with Crippen molar-refractivity contribution in [2.45, 2.75) is 26.4 Å². The molecular formula is C9H13NO3. The third-order valence-electron chi connectivity index (χ3n) is 1.32. The van der Waals surface area contributed by atoms with Crippen LogP contribution >= 0.6 is 0 Å². The van der Waals surface area contributed by atoms with Crippen molar-refractivity contribution in [3.63, 3.8) is 0 Å². The number of aromatic nitrogens is 1. The van der Waals surface area contributed by atoms with Crippen molar-refractivity contribution >= 4 is 6.09 Å². The predicted octanol–water partition coefficient (Wildman–Crippen LogP) is 1.98. The first-order valence-corrected chi connectivity index (χ1v) is 4.00. The highest BCUT2D eigenvalue weighted by Crippen LogP contribution is 2.14. The maximum atomic E-state index is 11.3. The van der Waals surface area contributed by atoms with Crippen molar-refractivity contribution in [3.8, 4) is 5.88 Å². The van der Waals surface area contributed by atoms with Gasteiger partial charge in [-0.05, 0) is 26.8 Å². The largest absolute Gasteiger partial charge is 0.494 e. The average Bonchev–Trinajstić information content (AvgIpc) is 2.30. The van der Waals surface area contributed by atoms with E-state index >= 15 is 0 Å². The van der Waals surface area contributed by atoms with E-state index in [1.54, 1.807) is 26.8 Å². The third-order valence-corrected chi connectivity index (χ3v) is 1.32. The number of rotatable bonds is 0. The van der Waals surface area contributed by atoms with E-state index in [1.807, 2.05) is 0 Å². The van der Waals surface area contributed by atoms with E-state index < -0.39 is 11.7 Å². The Morgan fingerprint density at radius 2 is 2.15 bits per heavy atom. The molecule has 4 heteroatoms. The van der Waals surface area contributed by atoms with Gasteiger partial charge in [0.2, 0.25) is 5.88 Å². The molecule has 0 fully saturated rings. The number of hydrogen-bond donors (Lipinski definition) is 1. The van der Waals surface area contributed by atoms with Gasteiger partial charge < -0.3 is 9.84 Å². The lowest BCUT2D eigenvalue weighted by atomic mass is 10.2. The molecule has 0 spiro atoms. The van der Waals surface area contributed by atoms with Crippen LogP contribution < -0.4 is 0 Å². The molecule has 0 bridgehead atoms.